The highest BCUT2D eigenvalue weighted by Crippen LogP contribution is 2.34. The van der Waals surface area contributed by atoms with E-state index in [1.807, 2.05) is 30.3 Å². The molecule has 7 nitrogen and oxygen atoms in total. The van der Waals surface area contributed by atoms with E-state index in [1.165, 1.54) is 28.4 Å². The van der Waals surface area contributed by atoms with Gasteiger partial charge in [-0.15, -0.1) is 11.3 Å². The third-order valence-electron chi connectivity index (χ3n) is 7.35. The highest BCUT2D eigenvalue weighted by Gasteiger charge is 2.35. The number of amides is 2. The average molecular weight is 587 g/mol. The van der Waals surface area contributed by atoms with E-state index in [0.717, 1.165) is 22.6 Å². The fourth-order valence-electron chi connectivity index (χ4n) is 5.00. The maximum Gasteiger partial charge on any atom is 0.271 e. The van der Waals surface area contributed by atoms with Crippen molar-refractivity contribution in [3.05, 3.63) is 112 Å². The number of ether oxygens (including phenoxy) is 1. The van der Waals surface area contributed by atoms with E-state index in [4.69, 9.17) is 4.74 Å². The van der Waals surface area contributed by atoms with Crippen molar-refractivity contribution in [1.82, 2.24) is 15.3 Å². The van der Waals surface area contributed by atoms with Crippen molar-refractivity contribution < 1.29 is 18.7 Å². The molecule has 2 aromatic carbocycles. The van der Waals surface area contributed by atoms with Crippen LogP contribution in [0.1, 0.15) is 70.5 Å². The van der Waals surface area contributed by atoms with Gasteiger partial charge in [-0.05, 0) is 59.7 Å². The molecule has 2 atom stereocenters. The van der Waals surface area contributed by atoms with Gasteiger partial charge in [-0.3, -0.25) is 19.5 Å². The van der Waals surface area contributed by atoms with E-state index >= 15 is 0 Å². The van der Waals surface area contributed by atoms with Crippen LogP contribution in [-0.2, 0) is 21.4 Å². The summed E-state index contributed by atoms with van der Waals surface area (Å²) in [5.41, 5.74) is 2.95. The summed E-state index contributed by atoms with van der Waals surface area (Å²) in [6, 6.07) is 16.6. The van der Waals surface area contributed by atoms with Crippen LogP contribution in [0.4, 0.5) is 10.1 Å². The molecule has 218 valence electrons. The Kier molecular flexibility index (Phi) is 9.09. The lowest BCUT2D eigenvalue weighted by Crippen LogP contribution is -2.44. The second kappa shape index (κ2) is 12.9. The van der Waals surface area contributed by atoms with Gasteiger partial charge in [-0.2, -0.15) is 0 Å². The SMILES string of the molecule is CC(C)(C)c1ccc(N(C(=O)c2cnc(C3CCOC3)s2)C(C(=O)NCCc2cccc(F)c2)c2cccnc2)cc1. The predicted molar refractivity (Wildman–Crippen MR) is 162 cm³/mol. The molecule has 0 aliphatic carbocycles. The first kappa shape index (κ1) is 29.5. The number of halogens is 1. The highest BCUT2D eigenvalue weighted by atomic mass is 32.1. The van der Waals surface area contributed by atoms with E-state index in [0.29, 0.717) is 35.8 Å². The number of nitrogens with one attached hydrogen (secondary N) is 1. The number of aromatic nitrogens is 2. The van der Waals surface area contributed by atoms with Crippen LogP contribution in [0.2, 0.25) is 0 Å². The standard InChI is InChI=1S/C33H35FN4O3S/c1-33(2,3)25-9-11-27(12-10-25)38(32(40)28-20-37-31(42-28)24-14-17-41-21-24)29(23-7-5-15-35-19-23)30(39)36-16-13-22-6-4-8-26(34)18-22/h4-12,15,18-20,24,29H,13-14,16-17,21H2,1-3H3,(H,36,39). The number of hydrogen-bond acceptors (Lipinski definition) is 6. The van der Waals surface area contributed by atoms with Crippen LogP contribution in [0.5, 0.6) is 0 Å². The zero-order valence-corrected chi connectivity index (χ0v) is 24.9. The number of carbonyl (C=O) groups excluding carboxylic acids is 2. The van der Waals surface area contributed by atoms with Gasteiger partial charge in [0.1, 0.15) is 16.7 Å². The summed E-state index contributed by atoms with van der Waals surface area (Å²) in [6.07, 6.45) is 6.14. The third-order valence-corrected chi connectivity index (χ3v) is 8.50. The molecule has 4 aromatic rings. The van der Waals surface area contributed by atoms with E-state index in [-0.39, 0.29) is 35.5 Å². The molecule has 0 radical (unpaired) electrons. The number of thiazole rings is 1. The van der Waals surface area contributed by atoms with Gasteiger partial charge in [-0.25, -0.2) is 9.37 Å². The number of rotatable bonds is 9. The molecule has 1 fully saturated rings. The first-order chi connectivity index (χ1) is 20.2. The molecular weight excluding hydrogens is 551 g/mol. The van der Waals surface area contributed by atoms with Gasteiger partial charge in [0.05, 0.1) is 17.8 Å². The predicted octanol–water partition coefficient (Wildman–Crippen LogP) is 6.23. The Labute approximate surface area is 249 Å². The number of benzene rings is 2. The van der Waals surface area contributed by atoms with Gasteiger partial charge in [0.25, 0.3) is 5.91 Å². The van der Waals surface area contributed by atoms with Crippen LogP contribution < -0.4 is 10.2 Å². The Balaban J connectivity index is 1.50. The Bertz CT molecular complexity index is 1510. The summed E-state index contributed by atoms with van der Waals surface area (Å²) in [5, 5.41) is 3.84. The molecule has 2 aromatic heterocycles. The summed E-state index contributed by atoms with van der Waals surface area (Å²) in [4.78, 5) is 39.1. The number of hydrogen-bond donors (Lipinski definition) is 1. The molecule has 5 rings (SSSR count). The summed E-state index contributed by atoms with van der Waals surface area (Å²) >= 11 is 1.34. The minimum Gasteiger partial charge on any atom is -0.381 e. The van der Waals surface area contributed by atoms with E-state index < -0.39 is 6.04 Å². The van der Waals surface area contributed by atoms with Gasteiger partial charge in [0, 0.05) is 42.7 Å². The summed E-state index contributed by atoms with van der Waals surface area (Å²) in [5.74, 6) is -0.844. The molecule has 0 saturated carbocycles. The Hall–Kier alpha value is -3.95. The molecule has 0 bridgehead atoms. The van der Waals surface area contributed by atoms with Crippen molar-refractivity contribution in [3.63, 3.8) is 0 Å². The minimum absolute atomic E-state index is 0.0830. The van der Waals surface area contributed by atoms with Crippen molar-refractivity contribution in [2.45, 2.75) is 51.0 Å². The molecular formula is C33H35FN4O3S. The van der Waals surface area contributed by atoms with Crippen molar-refractivity contribution in [2.75, 3.05) is 24.7 Å². The summed E-state index contributed by atoms with van der Waals surface area (Å²) in [6.45, 7) is 7.92. The molecule has 1 saturated heterocycles. The Morgan fingerprint density at radius 1 is 1.12 bits per heavy atom. The Morgan fingerprint density at radius 2 is 1.93 bits per heavy atom. The normalized spacial score (nSPS) is 15.8. The first-order valence-electron chi connectivity index (χ1n) is 14.1. The third kappa shape index (κ3) is 6.91. The number of pyridine rings is 1. The van der Waals surface area contributed by atoms with Crippen LogP contribution in [0.15, 0.2) is 79.3 Å². The molecule has 1 aliphatic rings. The lowest BCUT2D eigenvalue weighted by molar-refractivity contribution is -0.122. The molecule has 9 heteroatoms. The maximum atomic E-state index is 14.3. The quantitative estimate of drug-likeness (QED) is 0.252. The first-order valence-corrected chi connectivity index (χ1v) is 14.9. The monoisotopic (exact) mass is 586 g/mol. The minimum atomic E-state index is -1.00. The molecule has 1 aliphatic heterocycles. The molecule has 3 heterocycles. The van der Waals surface area contributed by atoms with Crippen molar-refractivity contribution in [1.29, 1.82) is 0 Å². The smallest absolute Gasteiger partial charge is 0.271 e. The van der Waals surface area contributed by atoms with Crippen LogP contribution in [0.3, 0.4) is 0 Å². The topological polar surface area (TPSA) is 84.4 Å². The van der Waals surface area contributed by atoms with Gasteiger partial charge in [0.15, 0.2) is 0 Å². The zero-order valence-electron chi connectivity index (χ0n) is 24.0. The van der Waals surface area contributed by atoms with Gasteiger partial charge >= 0.3 is 0 Å². The van der Waals surface area contributed by atoms with Gasteiger partial charge in [-0.1, -0.05) is 51.1 Å². The summed E-state index contributed by atoms with van der Waals surface area (Å²) in [7, 11) is 0. The van der Waals surface area contributed by atoms with E-state index in [2.05, 4.69) is 36.1 Å². The van der Waals surface area contributed by atoms with Crippen molar-refractivity contribution in [3.8, 4) is 0 Å². The molecule has 2 amide bonds. The fourth-order valence-corrected chi connectivity index (χ4v) is 5.98. The van der Waals surface area contributed by atoms with Crippen molar-refractivity contribution in [2.24, 2.45) is 0 Å². The number of anilines is 1. The van der Waals surface area contributed by atoms with Crippen LogP contribution in [0, 0.1) is 5.82 Å². The second-order valence-electron chi connectivity index (χ2n) is 11.5. The lowest BCUT2D eigenvalue weighted by Gasteiger charge is -2.31. The zero-order chi connectivity index (χ0) is 29.7. The average Bonchev–Trinajstić information content (AvgIpc) is 3.69. The van der Waals surface area contributed by atoms with E-state index in [1.54, 1.807) is 36.8 Å². The second-order valence-corrected chi connectivity index (χ2v) is 12.5. The van der Waals surface area contributed by atoms with E-state index in [9.17, 15) is 14.0 Å². The fraction of sp³-hybridized carbons (Fsp3) is 0.333. The molecule has 42 heavy (non-hydrogen) atoms. The lowest BCUT2D eigenvalue weighted by atomic mass is 9.87. The molecule has 1 N–H and O–H groups in total. The van der Waals surface area contributed by atoms with Gasteiger partial charge < -0.3 is 10.1 Å². The van der Waals surface area contributed by atoms with Crippen LogP contribution >= 0.6 is 11.3 Å². The molecule has 0 spiro atoms. The van der Waals surface area contributed by atoms with Gasteiger partial charge in [0.2, 0.25) is 5.91 Å². The molecule has 2 unspecified atom stereocenters. The van der Waals surface area contributed by atoms with Crippen molar-refractivity contribution >= 4 is 28.8 Å². The summed E-state index contributed by atoms with van der Waals surface area (Å²) < 4.78 is 19.2. The number of nitrogens with zero attached hydrogens (tertiary/aromatic N) is 3. The largest absolute Gasteiger partial charge is 0.381 e. The highest BCUT2D eigenvalue weighted by molar-refractivity contribution is 7.13. The maximum absolute atomic E-state index is 14.3. The van der Waals surface area contributed by atoms with Crippen LogP contribution in [-0.4, -0.2) is 41.5 Å². The Morgan fingerprint density at radius 3 is 2.60 bits per heavy atom. The van der Waals surface area contributed by atoms with Crippen LogP contribution in [0.25, 0.3) is 0 Å². The number of carbonyl (C=O) groups is 2.